The summed E-state index contributed by atoms with van der Waals surface area (Å²) in [5.74, 6) is -0.205. The summed E-state index contributed by atoms with van der Waals surface area (Å²) in [5.41, 5.74) is 1.42. The number of methoxy groups -OCH3 is 1. The summed E-state index contributed by atoms with van der Waals surface area (Å²) in [5, 5.41) is 5.08. The summed E-state index contributed by atoms with van der Waals surface area (Å²) in [4.78, 5) is 17.3. The standard InChI is InChI=1S/C22H22FN3O4S2/c1-30-18-6-8-19(9-7-18)32(28,29)26-12-10-16(11-13-26)21(27)25-22-24-20(14-31-22)15-2-4-17(23)5-3-15/h2-9,14,16H,10-13H2,1H3,(H,24,25,27). The first kappa shape index (κ1) is 22.4. The Labute approximate surface area is 189 Å². The SMILES string of the molecule is COc1ccc(S(=O)(=O)N2CCC(C(=O)Nc3nc(-c4ccc(F)cc4)cs3)CC2)cc1. The molecule has 3 aromatic rings. The fourth-order valence-electron chi connectivity index (χ4n) is 3.55. The van der Waals surface area contributed by atoms with Gasteiger partial charge < -0.3 is 10.1 Å². The van der Waals surface area contributed by atoms with Crippen LogP contribution < -0.4 is 10.1 Å². The number of aromatic nitrogens is 1. The normalized spacial score (nSPS) is 15.4. The van der Waals surface area contributed by atoms with Crippen molar-refractivity contribution in [1.29, 1.82) is 0 Å². The van der Waals surface area contributed by atoms with Crippen LogP contribution in [0.5, 0.6) is 5.75 Å². The monoisotopic (exact) mass is 475 g/mol. The molecule has 0 saturated carbocycles. The molecule has 7 nitrogen and oxygen atoms in total. The summed E-state index contributed by atoms with van der Waals surface area (Å²) < 4.78 is 45.3. The predicted molar refractivity (Wildman–Crippen MR) is 121 cm³/mol. The third kappa shape index (κ3) is 4.82. The number of carbonyl (C=O) groups excluding carboxylic acids is 1. The second-order valence-corrected chi connectivity index (χ2v) is 10.2. The molecular formula is C22H22FN3O4S2. The van der Waals surface area contributed by atoms with E-state index in [0.717, 1.165) is 5.56 Å². The summed E-state index contributed by atoms with van der Waals surface area (Å²) >= 11 is 1.29. The number of hydrogen-bond donors (Lipinski definition) is 1. The Kier molecular flexibility index (Phi) is 6.54. The number of hydrogen-bond acceptors (Lipinski definition) is 6. The van der Waals surface area contributed by atoms with Gasteiger partial charge in [0.15, 0.2) is 5.13 Å². The van der Waals surface area contributed by atoms with Crippen LogP contribution in [0.4, 0.5) is 9.52 Å². The van der Waals surface area contributed by atoms with Gasteiger partial charge in [0.1, 0.15) is 11.6 Å². The zero-order valence-electron chi connectivity index (χ0n) is 17.3. The molecule has 4 rings (SSSR count). The minimum absolute atomic E-state index is 0.175. The van der Waals surface area contributed by atoms with E-state index in [-0.39, 0.29) is 35.6 Å². The van der Waals surface area contributed by atoms with Crippen molar-refractivity contribution in [1.82, 2.24) is 9.29 Å². The molecule has 0 bridgehead atoms. The van der Waals surface area contributed by atoms with Crippen molar-refractivity contribution in [2.45, 2.75) is 17.7 Å². The van der Waals surface area contributed by atoms with E-state index >= 15 is 0 Å². The van der Waals surface area contributed by atoms with E-state index in [1.165, 1.54) is 47.0 Å². The number of benzene rings is 2. The molecule has 0 aliphatic carbocycles. The highest BCUT2D eigenvalue weighted by atomic mass is 32.2. The summed E-state index contributed by atoms with van der Waals surface area (Å²) in [6.07, 6.45) is 0.856. The van der Waals surface area contributed by atoms with Gasteiger partial charge in [-0.25, -0.2) is 17.8 Å². The molecular weight excluding hydrogens is 453 g/mol. The molecule has 0 spiro atoms. The Morgan fingerprint density at radius 3 is 2.41 bits per heavy atom. The van der Waals surface area contributed by atoms with Gasteiger partial charge in [-0.1, -0.05) is 0 Å². The fourth-order valence-corrected chi connectivity index (χ4v) is 5.74. The molecule has 1 aliphatic heterocycles. The van der Waals surface area contributed by atoms with Crippen molar-refractivity contribution in [2.24, 2.45) is 5.92 Å². The average Bonchev–Trinajstić information content (AvgIpc) is 3.28. The van der Waals surface area contributed by atoms with Gasteiger partial charge in [-0.3, -0.25) is 4.79 Å². The Hall–Kier alpha value is -2.82. The first-order valence-electron chi connectivity index (χ1n) is 10.0. The molecule has 0 radical (unpaired) electrons. The number of nitrogens with one attached hydrogen (secondary N) is 1. The molecule has 168 valence electrons. The second-order valence-electron chi connectivity index (χ2n) is 7.39. The number of halogens is 1. The summed E-state index contributed by atoms with van der Waals surface area (Å²) in [7, 11) is -2.09. The Balaban J connectivity index is 1.35. The first-order valence-corrected chi connectivity index (χ1v) is 12.4. The van der Waals surface area contributed by atoms with Crippen LogP contribution in [0.1, 0.15) is 12.8 Å². The first-order chi connectivity index (χ1) is 15.4. The number of piperidine rings is 1. The Bertz CT molecular complexity index is 1190. The molecule has 1 fully saturated rings. The maximum absolute atomic E-state index is 13.1. The van der Waals surface area contributed by atoms with E-state index in [0.29, 0.717) is 29.4 Å². The molecule has 1 saturated heterocycles. The molecule has 2 aromatic carbocycles. The van der Waals surface area contributed by atoms with E-state index in [9.17, 15) is 17.6 Å². The highest BCUT2D eigenvalue weighted by Crippen LogP contribution is 2.28. The van der Waals surface area contributed by atoms with Gasteiger partial charge in [0, 0.05) is 30.0 Å². The molecule has 1 aliphatic rings. The number of anilines is 1. The molecule has 1 aromatic heterocycles. The van der Waals surface area contributed by atoms with Crippen molar-refractivity contribution in [3.8, 4) is 17.0 Å². The zero-order chi connectivity index (χ0) is 22.7. The highest BCUT2D eigenvalue weighted by molar-refractivity contribution is 7.89. The van der Waals surface area contributed by atoms with Gasteiger partial charge in [0.05, 0.1) is 17.7 Å². The average molecular weight is 476 g/mol. The van der Waals surface area contributed by atoms with Crippen molar-refractivity contribution in [3.63, 3.8) is 0 Å². The topological polar surface area (TPSA) is 88.6 Å². The van der Waals surface area contributed by atoms with Gasteiger partial charge in [-0.15, -0.1) is 11.3 Å². The number of rotatable bonds is 6. The van der Waals surface area contributed by atoms with Gasteiger partial charge in [-0.05, 0) is 61.4 Å². The van der Waals surface area contributed by atoms with Crippen LogP contribution >= 0.6 is 11.3 Å². The van der Waals surface area contributed by atoms with Crippen LogP contribution in [0, 0.1) is 11.7 Å². The van der Waals surface area contributed by atoms with Gasteiger partial charge in [-0.2, -0.15) is 4.31 Å². The number of ether oxygens (including phenoxy) is 1. The lowest BCUT2D eigenvalue weighted by Crippen LogP contribution is -2.41. The molecule has 32 heavy (non-hydrogen) atoms. The molecule has 1 N–H and O–H groups in total. The lowest BCUT2D eigenvalue weighted by atomic mass is 9.97. The van der Waals surface area contributed by atoms with E-state index in [4.69, 9.17) is 4.74 Å². The summed E-state index contributed by atoms with van der Waals surface area (Å²) in [6, 6.07) is 12.3. The molecule has 0 atom stereocenters. The van der Waals surface area contributed by atoms with Crippen molar-refractivity contribution < 1.29 is 22.3 Å². The molecule has 10 heteroatoms. The van der Waals surface area contributed by atoms with E-state index in [1.807, 2.05) is 0 Å². The minimum Gasteiger partial charge on any atom is -0.497 e. The van der Waals surface area contributed by atoms with Crippen molar-refractivity contribution >= 4 is 32.4 Å². The second kappa shape index (κ2) is 9.35. The van der Waals surface area contributed by atoms with Crippen LogP contribution in [-0.4, -0.2) is 43.8 Å². The van der Waals surface area contributed by atoms with Crippen LogP contribution in [0.15, 0.2) is 58.8 Å². The third-order valence-electron chi connectivity index (χ3n) is 5.40. The van der Waals surface area contributed by atoms with Crippen molar-refractivity contribution in [2.75, 3.05) is 25.5 Å². The maximum atomic E-state index is 13.1. The van der Waals surface area contributed by atoms with Crippen LogP contribution in [-0.2, 0) is 14.8 Å². The number of thiazole rings is 1. The van der Waals surface area contributed by atoms with E-state index < -0.39 is 10.0 Å². The summed E-state index contributed by atoms with van der Waals surface area (Å²) in [6.45, 7) is 0.538. The lowest BCUT2D eigenvalue weighted by molar-refractivity contribution is -0.120. The molecule has 2 heterocycles. The van der Waals surface area contributed by atoms with Gasteiger partial charge in [0.25, 0.3) is 0 Å². The molecule has 1 amide bonds. The quantitative estimate of drug-likeness (QED) is 0.582. The Morgan fingerprint density at radius 1 is 1.12 bits per heavy atom. The number of sulfonamides is 1. The fraction of sp³-hybridized carbons (Fsp3) is 0.273. The molecule has 0 unspecified atom stereocenters. The third-order valence-corrected chi connectivity index (χ3v) is 8.07. The van der Waals surface area contributed by atoms with Gasteiger partial charge >= 0.3 is 0 Å². The van der Waals surface area contributed by atoms with Crippen LogP contribution in [0.2, 0.25) is 0 Å². The number of amides is 1. The number of nitrogens with zero attached hydrogens (tertiary/aromatic N) is 2. The maximum Gasteiger partial charge on any atom is 0.243 e. The zero-order valence-corrected chi connectivity index (χ0v) is 19.0. The van der Waals surface area contributed by atoms with Crippen LogP contribution in [0.25, 0.3) is 11.3 Å². The Morgan fingerprint density at radius 2 is 1.78 bits per heavy atom. The lowest BCUT2D eigenvalue weighted by Gasteiger charge is -2.30. The van der Waals surface area contributed by atoms with Crippen LogP contribution in [0.3, 0.4) is 0 Å². The largest absolute Gasteiger partial charge is 0.497 e. The smallest absolute Gasteiger partial charge is 0.243 e. The van der Waals surface area contributed by atoms with Crippen molar-refractivity contribution in [3.05, 3.63) is 59.7 Å². The number of carbonyl (C=O) groups is 1. The predicted octanol–water partition coefficient (Wildman–Crippen LogP) is 4.00. The van der Waals surface area contributed by atoms with Gasteiger partial charge in [0.2, 0.25) is 15.9 Å². The highest BCUT2D eigenvalue weighted by Gasteiger charge is 2.32. The van der Waals surface area contributed by atoms with E-state index in [2.05, 4.69) is 10.3 Å². The minimum atomic E-state index is -3.62. The van der Waals surface area contributed by atoms with E-state index in [1.54, 1.807) is 29.6 Å².